The van der Waals surface area contributed by atoms with Crippen LogP contribution in [-0.4, -0.2) is 33.0 Å². The number of aromatic nitrogens is 2. The van der Waals surface area contributed by atoms with E-state index < -0.39 is 28.0 Å². The van der Waals surface area contributed by atoms with Crippen LogP contribution in [0.1, 0.15) is 35.7 Å². The van der Waals surface area contributed by atoms with Gasteiger partial charge in [0.2, 0.25) is 5.95 Å². The standard InChI is InChI=1S/C21H17F2N5O2S/c1-20(16-7-21(16,18(29)30-2)31-19(25)28-20)13-5-12(10-27-17(13)23)6-14(22)15-4-3-11(8-24)9-26-15/h3-6,9-10,16H,7H2,1-2H3,(H2,25,28)/b14-6-/t16-,20+,21-/m0/s1. The minimum absolute atomic E-state index is 0.0271. The fourth-order valence-corrected chi connectivity index (χ4v) is 5.33. The Balaban J connectivity index is 1.72. The second-order valence-corrected chi connectivity index (χ2v) is 8.83. The van der Waals surface area contributed by atoms with Gasteiger partial charge >= 0.3 is 5.97 Å². The van der Waals surface area contributed by atoms with Crippen LogP contribution in [0, 0.1) is 23.2 Å². The van der Waals surface area contributed by atoms with E-state index >= 15 is 0 Å². The number of methoxy groups -OCH3 is 1. The monoisotopic (exact) mass is 441 g/mol. The van der Waals surface area contributed by atoms with E-state index in [2.05, 4.69) is 15.0 Å². The summed E-state index contributed by atoms with van der Waals surface area (Å²) in [6.07, 6.45) is 4.04. The third kappa shape index (κ3) is 3.45. The summed E-state index contributed by atoms with van der Waals surface area (Å²) in [5.41, 5.74) is 5.54. The van der Waals surface area contributed by atoms with Gasteiger partial charge in [0.1, 0.15) is 16.6 Å². The Labute approximate surface area is 181 Å². The summed E-state index contributed by atoms with van der Waals surface area (Å²) in [5, 5.41) is 8.97. The molecule has 2 aromatic heterocycles. The van der Waals surface area contributed by atoms with Crippen molar-refractivity contribution in [3.05, 3.63) is 58.9 Å². The molecule has 31 heavy (non-hydrogen) atoms. The highest BCUT2D eigenvalue weighted by Gasteiger charge is 2.71. The van der Waals surface area contributed by atoms with Gasteiger partial charge in [-0.2, -0.15) is 9.65 Å². The molecule has 2 N–H and O–H groups in total. The summed E-state index contributed by atoms with van der Waals surface area (Å²) in [6, 6.07) is 6.18. The molecule has 2 aliphatic rings. The van der Waals surface area contributed by atoms with Gasteiger partial charge < -0.3 is 10.5 Å². The molecule has 3 heterocycles. The maximum Gasteiger partial charge on any atom is 0.322 e. The largest absolute Gasteiger partial charge is 0.468 e. The quantitative estimate of drug-likeness (QED) is 0.572. The molecule has 1 aliphatic heterocycles. The minimum atomic E-state index is -1.16. The van der Waals surface area contributed by atoms with Crippen molar-refractivity contribution in [2.75, 3.05) is 7.11 Å². The fourth-order valence-electron chi connectivity index (χ4n) is 3.93. The average Bonchev–Trinajstić information content (AvgIpc) is 3.51. The lowest BCUT2D eigenvalue weighted by Crippen LogP contribution is -2.40. The van der Waals surface area contributed by atoms with Crippen molar-refractivity contribution in [1.82, 2.24) is 9.97 Å². The van der Waals surface area contributed by atoms with Crippen LogP contribution >= 0.6 is 11.8 Å². The molecule has 4 rings (SSSR count). The Morgan fingerprint density at radius 1 is 1.42 bits per heavy atom. The number of thioether (sulfide) groups is 1. The summed E-state index contributed by atoms with van der Waals surface area (Å²) in [6.45, 7) is 1.68. The Morgan fingerprint density at radius 2 is 2.19 bits per heavy atom. The van der Waals surface area contributed by atoms with Crippen LogP contribution in [0.5, 0.6) is 0 Å². The maximum atomic E-state index is 14.8. The van der Waals surface area contributed by atoms with Crippen LogP contribution in [0.15, 0.2) is 35.6 Å². The van der Waals surface area contributed by atoms with Gasteiger partial charge in [-0.15, -0.1) is 0 Å². The molecule has 0 unspecified atom stereocenters. The second kappa shape index (κ2) is 7.42. The topological polar surface area (TPSA) is 114 Å². The summed E-state index contributed by atoms with van der Waals surface area (Å²) in [4.78, 5) is 24.5. The molecule has 7 nitrogen and oxygen atoms in total. The number of nitrogens with zero attached hydrogens (tertiary/aromatic N) is 4. The van der Waals surface area contributed by atoms with Crippen molar-refractivity contribution < 1.29 is 18.3 Å². The Morgan fingerprint density at radius 3 is 2.84 bits per heavy atom. The van der Waals surface area contributed by atoms with Crippen molar-refractivity contribution in [1.29, 1.82) is 5.26 Å². The lowest BCUT2D eigenvalue weighted by Gasteiger charge is -2.33. The molecule has 0 amide bonds. The van der Waals surface area contributed by atoms with Crippen molar-refractivity contribution in [3.8, 4) is 6.07 Å². The number of hydrogen-bond donors (Lipinski definition) is 1. The molecule has 158 valence electrons. The minimum Gasteiger partial charge on any atom is -0.468 e. The van der Waals surface area contributed by atoms with Crippen LogP contribution in [0.25, 0.3) is 11.9 Å². The number of rotatable bonds is 4. The zero-order chi connectivity index (χ0) is 22.4. The third-order valence-electron chi connectivity index (χ3n) is 5.58. The summed E-state index contributed by atoms with van der Waals surface area (Å²) < 4.78 is 33.4. The smallest absolute Gasteiger partial charge is 0.322 e. The van der Waals surface area contributed by atoms with E-state index in [0.29, 0.717) is 12.0 Å². The summed E-state index contributed by atoms with van der Waals surface area (Å²) in [5.74, 6) is -2.23. The van der Waals surface area contributed by atoms with E-state index in [1.54, 1.807) is 6.92 Å². The number of carbonyl (C=O) groups excluding carboxylic acids is 1. The normalized spacial score (nSPS) is 27.0. The summed E-state index contributed by atoms with van der Waals surface area (Å²) in [7, 11) is 1.29. The van der Waals surface area contributed by atoms with Gasteiger partial charge in [-0.1, -0.05) is 11.8 Å². The third-order valence-corrected chi connectivity index (χ3v) is 6.87. The molecule has 0 spiro atoms. The number of halogens is 2. The first-order valence-corrected chi connectivity index (χ1v) is 10.1. The molecule has 2 aromatic rings. The van der Waals surface area contributed by atoms with Crippen LogP contribution in [-0.2, 0) is 15.1 Å². The number of nitrogens with two attached hydrogens (primary N) is 1. The van der Waals surface area contributed by atoms with E-state index in [4.69, 9.17) is 15.7 Å². The average molecular weight is 441 g/mol. The molecule has 1 saturated carbocycles. The van der Waals surface area contributed by atoms with Crippen LogP contribution < -0.4 is 5.73 Å². The number of amidine groups is 1. The fraction of sp³-hybridized carbons (Fsp3) is 0.286. The number of nitriles is 1. The van der Waals surface area contributed by atoms with Crippen LogP contribution in [0.2, 0.25) is 0 Å². The van der Waals surface area contributed by atoms with Gasteiger partial charge in [-0.25, -0.2) is 9.37 Å². The van der Waals surface area contributed by atoms with E-state index in [-0.39, 0.29) is 27.9 Å². The molecule has 0 bridgehead atoms. The highest BCUT2D eigenvalue weighted by Crippen LogP contribution is 2.66. The molecular formula is C21H17F2N5O2S. The van der Waals surface area contributed by atoms with Gasteiger partial charge in [0, 0.05) is 23.9 Å². The molecule has 0 radical (unpaired) electrons. The predicted octanol–water partition coefficient (Wildman–Crippen LogP) is 3.16. The van der Waals surface area contributed by atoms with Crippen LogP contribution in [0.4, 0.5) is 8.78 Å². The number of esters is 1. The number of pyridine rings is 2. The van der Waals surface area contributed by atoms with E-state index in [9.17, 15) is 13.6 Å². The van der Waals surface area contributed by atoms with Gasteiger partial charge in [0.25, 0.3) is 0 Å². The first-order chi connectivity index (χ1) is 14.7. The van der Waals surface area contributed by atoms with E-state index in [1.165, 1.54) is 43.8 Å². The van der Waals surface area contributed by atoms with Gasteiger partial charge in [0.05, 0.1) is 23.9 Å². The Bertz CT molecular complexity index is 1180. The predicted molar refractivity (Wildman–Crippen MR) is 112 cm³/mol. The van der Waals surface area contributed by atoms with E-state index in [1.807, 2.05) is 6.07 Å². The SMILES string of the molecule is COC(=O)[C@]12C[C@H]1[C@@](C)(c1cc(/C=C(\F)c3ccc(C#N)cn3)cnc1F)N=C(N)S2. The lowest BCUT2D eigenvalue weighted by atomic mass is 9.86. The zero-order valence-electron chi connectivity index (χ0n) is 16.6. The Hall–Kier alpha value is -3.32. The molecule has 1 fully saturated rings. The van der Waals surface area contributed by atoms with E-state index in [0.717, 1.165) is 11.8 Å². The van der Waals surface area contributed by atoms with Crippen molar-refractivity contribution >= 4 is 34.8 Å². The molecule has 1 aliphatic carbocycles. The highest BCUT2D eigenvalue weighted by atomic mass is 32.2. The number of ether oxygens (including phenoxy) is 1. The van der Waals surface area contributed by atoms with Crippen molar-refractivity contribution in [2.24, 2.45) is 16.6 Å². The van der Waals surface area contributed by atoms with Crippen molar-refractivity contribution in [3.63, 3.8) is 0 Å². The first kappa shape index (κ1) is 20.9. The molecule has 3 atom stereocenters. The van der Waals surface area contributed by atoms with Gasteiger partial charge in [-0.3, -0.25) is 14.8 Å². The second-order valence-electron chi connectivity index (χ2n) is 7.48. The Kier molecular flexibility index (Phi) is 5.01. The number of fused-ring (bicyclic) bond motifs is 1. The maximum absolute atomic E-state index is 14.8. The lowest BCUT2D eigenvalue weighted by molar-refractivity contribution is -0.141. The summed E-state index contributed by atoms with van der Waals surface area (Å²) >= 11 is 1.12. The van der Waals surface area contributed by atoms with Crippen molar-refractivity contribution in [2.45, 2.75) is 23.6 Å². The number of aliphatic imine (C=N–C) groups is 1. The molecule has 10 heteroatoms. The highest BCUT2D eigenvalue weighted by molar-refractivity contribution is 8.15. The van der Waals surface area contributed by atoms with Gasteiger partial charge in [0.15, 0.2) is 5.17 Å². The number of carbonyl (C=O) groups is 1. The van der Waals surface area contributed by atoms with Crippen LogP contribution in [0.3, 0.4) is 0 Å². The molecule has 0 saturated heterocycles. The molecule has 0 aromatic carbocycles. The number of hydrogen-bond acceptors (Lipinski definition) is 8. The van der Waals surface area contributed by atoms with Gasteiger partial charge in [-0.05, 0) is 43.2 Å². The molecular weight excluding hydrogens is 424 g/mol. The first-order valence-electron chi connectivity index (χ1n) is 9.26. The zero-order valence-corrected chi connectivity index (χ0v) is 17.4.